The molecule has 1 spiro atoms. The van der Waals surface area contributed by atoms with Gasteiger partial charge in [-0.05, 0) is 50.4 Å². The van der Waals surface area contributed by atoms with Crippen LogP contribution in [-0.2, 0) is 0 Å². The zero-order chi connectivity index (χ0) is 24.2. The number of nitrogens with zero attached hydrogens (tertiary/aromatic N) is 5. The first-order chi connectivity index (χ1) is 17.0. The molecular formula is C26H24ClFN6O. The third-order valence-electron chi connectivity index (χ3n) is 7.43. The standard InChI is InChI=1S/C26H24ClFN6O/c1-29-21-6-4-17(12-19(21)28)23-32-24(33-11-9-26(15-33)8-10-30-14-26)22(27)25(35)34(23)18-5-7-20(31-13-18)16-2-3-16/h4-7,12-13,16,30H,2-3,8-11,14-15H2. The van der Waals surface area contributed by atoms with Crippen LogP contribution in [0.15, 0.2) is 41.3 Å². The molecule has 1 N–H and O–H groups in total. The molecule has 3 aliphatic rings. The molecule has 7 nitrogen and oxygen atoms in total. The van der Waals surface area contributed by atoms with Gasteiger partial charge in [-0.3, -0.25) is 14.3 Å². The Morgan fingerprint density at radius 1 is 1.23 bits per heavy atom. The highest BCUT2D eigenvalue weighted by molar-refractivity contribution is 6.32. The Morgan fingerprint density at radius 2 is 2.09 bits per heavy atom. The minimum absolute atomic E-state index is 0.0428. The van der Waals surface area contributed by atoms with E-state index in [2.05, 4.69) is 20.0 Å². The molecule has 35 heavy (non-hydrogen) atoms. The van der Waals surface area contributed by atoms with Crippen LogP contribution in [0.1, 0.15) is 37.3 Å². The summed E-state index contributed by atoms with van der Waals surface area (Å²) in [6.07, 6.45) is 5.97. The topological polar surface area (TPSA) is 67.4 Å². The fourth-order valence-corrected chi connectivity index (χ4v) is 5.53. The maximum Gasteiger partial charge on any atom is 0.279 e. The highest BCUT2D eigenvalue weighted by Crippen LogP contribution is 2.41. The van der Waals surface area contributed by atoms with Crippen molar-refractivity contribution in [3.63, 3.8) is 0 Å². The number of hydrogen-bond donors (Lipinski definition) is 1. The largest absolute Gasteiger partial charge is 0.355 e. The molecule has 3 aromatic rings. The third-order valence-corrected chi connectivity index (χ3v) is 7.76. The molecule has 1 aromatic carbocycles. The van der Waals surface area contributed by atoms with E-state index < -0.39 is 11.4 Å². The van der Waals surface area contributed by atoms with E-state index in [9.17, 15) is 9.18 Å². The van der Waals surface area contributed by atoms with E-state index in [4.69, 9.17) is 23.2 Å². The molecule has 9 heteroatoms. The minimum atomic E-state index is -0.658. The predicted molar refractivity (Wildman–Crippen MR) is 133 cm³/mol. The van der Waals surface area contributed by atoms with Gasteiger partial charge in [-0.15, -0.1) is 0 Å². The van der Waals surface area contributed by atoms with Crippen LogP contribution in [-0.4, -0.2) is 40.7 Å². The average molecular weight is 491 g/mol. The second-order valence-corrected chi connectivity index (χ2v) is 10.2. The first-order valence-corrected chi connectivity index (χ1v) is 12.3. The summed E-state index contributed by atoms with van der Waals surface area (Å²) in [5, 5.41) is 3.48. The second-order valence-electron chi connectivity index (χ2n) is 9.81. The molecule has 2 saturated heterocycles. The van der Waals surface area contributed by atoms with Crippen molar-refractivity contribution in [3.05, 3.63) is 74.8 Å². The molecule has 2 aromatic heterocycles. The van der Waals surface area contributed by atoms with Crippen molar-refractivity contribution >= 4 is 23.1 Å². The van der Waals surface area contributed by atoms with Crippen molar-refractivity contribution in [1.29, 1.82) is 0 Å². The van der Waals surface area contributed by atoms with Gasteiger partial charge in [0, 0.05) is 42.2 Å². The van der Waals surface area contributed by atoms with E-state index in [0.717, 1.165) is 57.6 Å². The number of hydrogen-bond acceptors (Lipinski definition) is 5. The van der Waals surface area contributed by atoms with Crippen LogP contribution in [0.4, 0.5) is 15.9 Å². The van der Waals surface area contributed by atoms with Gasteiger partial charge in [0.1, 0.15) is 16.7 Å². The first-order valence-electron chi connectivity index (χ1n) is 11.9. The monoisotopic (exact) mass is 490 g/mol. The van der Waals surface area contributed by atoms with Gasteiger partial charge >= 0.3 is 0 Å². The molecule has 178 valence electrons. The van der Waals surface area contributed by atoms with E-state index in [1.165, 1.54) is 16.7 Å². The predicted octanol–water partition coefficient (Wildman–Crippen LogP) is 4.70. The Morgan fingerprint density at radius 3 is 2.74 bits per heavy atom. The SMILES string of the molecule is [C-]#[N+]c1ccc(-c2nc(N3CCC4(CCNC4)C3)c(Cl)c(=O)n2-c2ccc(C3CC3)nc2)cc1F. The Balaban J connectivity index is 1.50. The van der Waals surface area contributed by atoms with Crippen molar-refractivity contribution < 1.29 is 4.39 Å². The van der Waals surface area contributed by atoms with Gasteiger partial charge in [0.05, 0.1) is 18.5 Å². The number of nitrogens with one attached hydrogen (secondary N) is 1. The second kappa shape index (κ2) is 8.43. The van der Waals surface area contributed by atoms with Gasteiger partial charge in [0.25, 0.3) is 5.56 Å². The zero-order valence-electron chi connectivity index (χ0n) is 19.1. The van der Waals surface area contributed by atoms with Crippen molar-refractivity contribution in [2.24, 2.45) is 5.41 Å². The van der Waals surface area contributed by atoms with Gasteiger partial charge in [0.15, 0.2) is 5.82 Å². The fraction of sp³-hybridized carbons (Fsp3) is 0.385. The average Bonchev–Trinajstić information content (AvgIpc) is 3.49. The van der Waals surface area contributed by atoms with Crippen LogP contribution in [0, 0.1) is 17.8 Å². The lowest BCUT2D eigenvalue weighted by molar-refractivity contribution is 0.369. The molecule has 1 saturated carbocycles. The lowest BCUT2D eigenvalue weighted by atomic mass is 9.87. The number of rotatable bonds is 4. The molecule has 0 amide bonds. The lowest BCUT2D eigenvalue weighted by Gasteiger charge is -2.25. The molecule has 0 radical (unpaired) electrons. The Hall–Kier alpha value is -3.28. The first kappa shape index (κ1) is 22.2. The molecule has 6 rings (SSSR count). The number of benzene rings is 1. The van der Waals surface area contributed by atoms with Crippen molar-refractivity contribution in [3.8, 4) is 17.1 Å². The van der Waals surface area contributed by atoms with Crippen molar-refractivity contribution in [2.75, 3.05) is 31.1 Å². The molecule has 3 fully saturated rings. The van der Waals surface area contributed by atoms with Gasteiger partial charge in [0.2, 0.25) is 5.69 Å². The Labute approximate surface area is 207 Å². The van der Waals surface area contributed by atoms with Crippen molar-refractivity contribution in [2.45, 2.75) is 31.6 Å². The molecular weight excluding hydrogens is 467 g/mol. The Bertz CT molecular complexity index is 1400. The summed E-state index contributed by atoms with van der Waals surface area (Å²) in [6, 6.07) is 8.03. The normalized spacial score (nSPS) is 21.6. The molecule has 1 aliphatic carbocycles. The van der Waals surface area contributed by atoms with Gasteiger partial charge in [-0.1, -0.05) is 23.7 Å². The van der Waals surface area contributed by atoms with Crippen LogP contribution in [0.25, 0.3) is 21.9 Å². The van der Waals surface area contributed by atoms with E-state index in [0.29, 0.717) is 23.0 Å². The molecule has 1 atom stereocenters. The highest BCUT2D eigenvalue weighted by Gasteiger charge is 2.41. The van der Waals surface area contributed by atoms with Crippen molar-refractivity contribution in [1.82, 2.24) is 19.9 Å². The van der Waals surface area contributed by atoms with Crippen LogP contribution in [0.3, 0.4) is 0 Å². The smallest absolute Gasteiger partial charge is 0.279 e. The number of halogens is 2. The maximum absolute atomic E-state index is 14.6. The maximum atomic E-state index is 14.6. The van der Waals surface area contributed by atoms with Gasteiger partial charge in [-0.25, -0.2) is 14.2 Å². The van der Waals surface area contributed by atoms with E-state index >= 15 is 0 Å². The highest BCUT2D eigenvalue weighted by atomic mass is 35.5. The summed E-state index contributed by atoms with van der Waals surface area (Å²) in [4.78, 5) is 28.4. The number of anilines is 1. The number of aromatic nitrogens is 3. The van der Waals surface area contributed by atoms with Crippen LogP contribution in [0.2, 0.25) is 5.02 Å². The summed E-state index contributed by atoms with van der Waals surface area (Å²) in [5.41, 5.74) is 1.57. The third kappa shape index (κ3) is 3.89. The van der Waals surface area contributed by atoms with Crippen LogP contribution >= 0.6 is 11.6 Å². The summed E-state index contributed by atoms with van der Waals surface area (Å²) in [7, 11) is 0. The van der Waals surface area contributed by atoms with Gasteiger partial charge < -0.3 is 10.2 Å². The minimum Gasteiger partial charge on any atom is -0.355 e. The fourth-order valence-electron chi connectivity index (χ4n) is 5.28. The van der Waals surface area contributed by atoms with E-state index in [1.54, 1.807) is 12.3 Å². The summed E-state index contributed by atoms with van der Waals surface area (Å²) < 4.78 is 16.0. The summed E-state index contributed by atoms with van der Waals surface area (Å²) in [5.74, 6) is 0.515. The summed E-state index contributed by atoms with van der Waals surface area (Å²) >= 11 is 6.67. The molecule has 1 unspecified atom stereocenters. The molecule has 0 bridgehead atoms. The van der Waals surface area contributed by atoms with Crippen LogP contribution in [0.5, 0.6) is 0 Å². The molecule has 4 heterocycles. The zero-order valence-corrected chi connectivity index (χ0v) is 19.9. The quantitative estimate of drug-likeness (QED) is 0.537. The van der Waals surface area contributed by atoms with E-state index in [1.807, 2.05) is 12.1 Å². The lowest BCUT2D eigenvalue weighted by Crippen LogP contribution is -2.32. The Kier molecular flexibility index (Phi) is 5.35. The molecule has 2 aliphatic heterocycles. The number of pyridine rings is 1. The van der Waals surface area contributed by atoms with Gasteiger partial charge in [-0.2, -0.15) is 0 Å². The van der Waals surface area contributed by atoms with E-state index in [-0.39, 0.29) is 21.9 Å². The summed E-state index contributed by atoms with van der Waals surface area (Å²) in [6.45, 7) is 10.6. The van der Waals surface area contributed by atoms with Crippen LogP contribution < -0.4 is 15.8 Å².